The Morgan fingerprint density at radius 3 is 2.44 bits per heavy atom. The molecule has 1 saturated heterocycles. The first-order valence-corrected chi connectivity index (χ1v) is 8.53. The van der Waals surface area contributed by atoms with E-state index in [1.807, 2.05) is 5.32 Å². The monoisotopic (exact) mass is 386 g/mol. The van der Waals surface area contributed by atoms with E-state index in [9.17, 15) is 23.1 Å². The molecule has 1 aliphatic rings. The van der Waals surface area contributed by atoms with Crippen molar-refractivity contribution in [1.82, 2.24) is 10.6 Å². The molecule has 1 aromatic heterocycles. The number of rotatable bonds is 3. The van der Waals surface area contributed by atoms with Crippen LogP contribution < -0.4 is 10.6 Å². The van der Waals surface area contributed by atoms with Crippen LogP contribution >= 0.6 is 23.6 Å². The first-order chi connectivity index (χ1) is 11.7. The van der Waals surface area contributed by atoms with Gasteiger partial charge >= 0.3 is 6.18 Å². The molecule has 1 fully saturated rings. The highest BCUT2D eigenvalue weighted by atomic mass is 32.1. The lowest BCUT2D eigenvalue weighted by molar-refractivity contribution is -0.285. The zero-order valence-corrected chi connectivity index (χ0v) is 14.2. The van der Waals surface area contributed by atoms with Gasteiger partial charge in [-0.2, -0.15) is 13.2 Å². The van der Waals surface area contributed by atoms with E-state index in [1.54, 1.807) is 41.8 Å². The van der Waals surface area contributed by atoms with Crippen molar-refractivity contribution in [3.8, 4) is 0 Å². The van der Waals surface area contributed by atoms with E-state index in [0.717, 1.165) is 11.3 Å². The molecule has 0 spiro atoms. The van der Waals surface area contributed by atoms with Crippen LogP contribution in [-0.2, 0) is 0 Å². The van der Waals surface area contributed by atoms with Crippen LogP contribution in [0.3, 0.4) is 0 Å². The number of Topliss-reactive ketones (excluding diaryl/α,β-unsaturated/α-hetero) is 1. The van der Waals surface area contributed by atoms with Gasteiger partial charge in [0.15, 0.2) is 10.9 Å². The van der Waals surface area contributed by atoms with Crippen LogP contribution in [0.1, 0.15) is 21.3 Å². The minimum atomic E-state index is -5.11. The normalized spacial score (nSPS) is 26.6. The second kappa shape index (κ2) is 6.40. The highest BCUT2D eigenvalue weighted by Crippen LogP contribution is 2.44. The third kappa shape index (κ3) is 3.14. The highest BCUT2D eigenvalue weighted by Gasteiger charge is 2.65. The summed E-state index contributed by atoms with van der Waals surface area (Å²) >= 11 is 5.87. The second-order valence-corrected chi connectivity index (χ2v) is 6.93. The molecule has 3 rings (SSSR count). The zero-order valence-electron chi connectivity index (χ0n) is 12.6. The molecule has 2 heterocycles. The molecule has 9 heteroatoms. The third-order valence-corrected chi connectivity index (χ3v) is 5.12. The number of hydrogen-bond acceptors (Lipinski definition) is 4. The maximum Gasteiger partial charge on any atom is 0.437 e. The smallest absolute Gasteiger partial charge is 0.363 e. The van der Waals surface area contributed by atoms with E-state index in [2.05, 4.69) is 5.32 Å². The lowest BCUT2D eigenvalue weighted by atomic mass is 9.79. The van der Waals surface area contributed by atoms with Crippen LogP contribution in [-0.4, -0.2) is 27.9 Å². The van der Waals surface area contributed by atoms with E-state index in [4.69, 9.17) is 12.2 Å². The van der Waals surface area contributed by atoms with Crippen LogP contribution in [0.25, 0.3) is 0 Å². The van der Waals surface area contributed by atoms with Crippen LogP contribution in [0.2, 0.25) is 0 Å². The molecular weight excluding hydrogens is 373 g/mol. The standard InChI is InChI=1S/C16H13F3N2O2S2/c17-16(18,19)15(23)11(13(22)10-7-4-8-25-10)12(20-14(24)21-15)9-5-2-1-3-6-9/h1-8,11-12,23H,(H2,20,21,24). The summed E-state index contributed by atoms with van der Waals surface area (Å²) in [7, 11) is 0. The van der Waals surface area contributed by atoms with Gasteiger partial charge in [-0.15, -0.1) is 11.3 Å². The summed E-state index contributed by atoms with van der Waals surface area (Å²) in [5.74, 6) is -2.66. The minimum Gasteiger partial charge on any atom is -0.363 e. The zero-order chi connectivity index (χ0) is 18.2. The predicted molar refractivity (Wildman–Crippen MR) is 91.2 cm³/mol. The fraction of sp³-hybridized carbons (Fsp3) is 0.250. The largest absolute Gasteiger partial charge is 0.437 e. The first-order valence-electron chi connectivity index (χ1n) is 7.24. The number of hydrogen-bond donors (Lipinski definition) is 3. The van der Waals surface area contributed by atoms with E-state index >= 15 is 0 Å². The van der Waals surface area contributed by atoms with Crippen LogP contribution in [0.5, 0.6) is 0 Å². The molecule has 1 aromatic carbocycles. The van der Waals surface area contributed by atoms with Gasteiger partial charge in [0.2, 0.25) is 5.72 Å². The van der Waals surface area contributed by atoms with Gasteiger partial charge in [0.25, 0.3) is 0 Å². The van der Waals surface area contributed by atoms with Gasteiger partial charge in [-0.3, -0.25) is 4.79 Å². The van der Waals surface area contributed by atoms with E-state index < -0.39 is 29.6 Å². The molecule has 3 unspecified atom stereocenters. The summed E-state index contributed by atoms with van der Waals surface area (Å²) in [5, 5.41) is 16.2. The minimum absolute atomic E-state index is 0.130. The SMILES string of the molecule is O=C(c1cccs1)C1C(c2ccccc2)NC(=S)NC1(O)C(F)(F)F. The summed E-state index contributed by atoms with van der Waals surface area (Å²) in [5.41, 5.74) is -3.05. The van der Waals surface area contributed by atoms with Crippen LogP contribution in [0.15, 0.2) is 47.8 Å². The molecule has 4 nitrogen and oxygen atoms in total. The van der Waals surface area contributed by atoms with Crippen molar-refractivity contribution in [1.29, 1.82) is 0 Å². The van der Waals surface area contributed by atoms with Gasteiger partial charge in [0.1, 0.15) is 5.92 Å². The number of aliphatic hydroxyl groups is 1. The molecule has 1 aliphatic heterocycles. The van der Waals surface area contributed by atoms with E-state index in [1.165, 1.54) is 6.07 Å². The Morgan fingerprint density at radius 1 is 1.20 bits per heavy atom. The van der Waals surface area contributed by atoms with E-state index in [0.29, 0.717) is 5.56 Å². The Bertz CT molecular complexity index is 780. The molecular formula is C16H13F3N2O2S2. The van der Waals surface area contributed by atoms with Gasteiger partial charge in [0.05, 0.1) is 10.9 Å². The number of halogens is 3. The van der Waals surface area contributed by atoms with Crippen molar-refractivity contribution in [2.75, 3.05) is 0 Å². The average Bonchev–Trinajstić information content (AvgIpc) is 3.08. The molecule has 0 saturated carbocycles. The lowest BCUT2D eigenvalue weighted by Crippen LogP contribution is -2.72. The molecule has 3 atom stereocenters. The van der Waals surface area contributed by atoms with Gasteiger partial charge in [-0.25, -0.2) is 0 Å². The molecule has 0 amide bonds. The summed E-state index contributed by atoms with van der Waals surface area (Å²) in [6.45, 7) is 0. The molecule has 0 aliphatic carbocycles. The number of nitrogens with one attached hydrogen (secondary N) is 2. The fourth-order valence-corrected chi connectivity index (χ4v) is 3.84. The van der Waals surface area contributed by atoms with Crippen molar-refractivity contribution in [2.24, 2.45) is 5.92 Å². The maximum atomic E-state index is 13.7. The Kier molecular flexibility index (Phi) is 4.56. The number of carbonyl (C=O) groups is 1. The summed E-state index contributed by atoms with van der Waals surface area (Å²) in [6.07, 6.45) is -5.11. The molecule has 25 heavy (non-hydrogen) atoms. The van der Waals surface area contributed by atoms with Crippen LogP contribution in [0.4, 0.5) is 13.2 Å². The quantitative estimate of drug-likeness (QED) is 0.559. The maximum absolute atomic E-state index is 13.7. The number of alkyl halides is 3. The number of carbonyl (C=O) groups excluding carboxylic acids is 1. The second-order valence-electron chi connectivity index (χ2n) is 5.57. The molecule has 0 bridgehead atoms. The highest BCUT2D eigenvalue weighted by molar-refractivity contribution is 7.80. The fourth-order valence-electron chi connectivity index (χ4n) is 2.85. The van der Waals surface area contributed by atoms with Gasteiger partial charge in [0, 0.05) is 0 Å². The molecule has 0 radical (unpaired) electrons. The van der Waals surface area contributed by atoms with Crippen LogP contribution in [0, 0.1) is 5.92 Å². The Morgan fingerprint density at radius 2 is 1.88 bits per heavy atom. The van der Waals surface area contributed by atoms with Crippen molar-refractivity contribution >= 4 is 34.5 Å². The van der Waals surface area contributed by atoms with Gasteiger partial charge in [-0.05, 0) is 29.2 Å². The first kappa shape index (κ1) is 17.8. The van der Waals surface area contributed by atoms with Crippen molar-refractivity contribution in [3.05, 3.63) is 58.3 Å². The predicted octanol–water partition coefficient (Wildman–Crippen LogP) is 3.02. The summed E-state index contributed by atoms with van der Waals surface area (Å²) in [4.78, 5) is 13.0. The summed E-state index contributed by atoms with van der Waals surface area (Å²) < 4.78 is 41.1. The molecule has 2 aromatic rings. The number of ketones is 1. The molecule has 3 N–H and O–H groups in total. The Hall–Kier alpha value is -1.97. The molecule has 132 valence electrons. The Labute approximate surface area is 150 Å². The van der Waals surface area contributed by atoms with Crippen molar-refractivity contribution in [2.45, 2.75) is 17.9 Å². The lowest BCUT2D eigenvalue weighted by Gasteiger charge is -2.46. The van der Waals surface area contributed by atoms with Gasteiger partial charge < -0.3 is 15.7 Å². The van der Waals surface area contributed by atoms with Crippen molar-refractivity contribution < 1.29 is 23.1 Å². The van der Waals surface area contributed by atoms with E-state index in [-0.39, 0.29) is 9.99 Å². The Balaban J connectivity index is 2.15. The topological polar surface area (TPSA) is 61.4 Å². The summed E-state index contributed by atoms with van der Waals surface area (Å²) in [6, 6.07) is 10.0. The van der Waals surface area contributed by atoms with Crippen molar-refractivity contribution in [3.63, 3.8) is 0 Å². The number of thiophene rings is 1. The number of thiocarbonyl (C=S) groups is 1. The number of benzene rings is 1. The van der Waals surface area contributed by atoms with Gasteiger partial charge in [-0.1, -0.05) is 36.4 Å². The third-order valence-electron chi connectivity index (χ3n) is 4.01. The average molecular weight is 386 g/mol.